The minimum atomic E-state index is -0.479. The molecule has 4 heteroatoms. The normalized spacial score (nSPS) is 12.4. The first-order valence-corrected chi connectivity index (χ1v) is 6.23. The number of hydrogen-bond acceptors (Lipinski definition) is 4. The molecule has 0 radical (unpaired) electrons. The molecule has 1 unspecified atom stereocenters. The van der Waals surface area contributed by atoms with Gasteiger partial charge >= 0.3 is 5.97 Å². The van der Waals surface area contributed by atoms with Crippen molar-refractivity contribution in [1.29, 1.82) is 0 Å². The Morgan fingerprint density at radius 3 is 2.44 bits per heavy atom. The molecule has 1 atom stereocenters. The highest BCUT2D eigenvalue weighted by Gasteiger charge is 2.21. The van der Waals surface area contributed by atoms with Gasteiger partial charge in [-0.05, 0) is 37.1 Å². The third-order valence-electron chi connectivity index (χ3n) is 2.48. The summed E-state index contributed by atoms with van der Waals surface area (Å²) >= 11 is 0. The fourth-order valence-corrected chi connectivity index (χ4v) is 1.58. The highest BCUT2D eigenvalue weighted by Crippen LogP contribution is 2.18. The van der Waals surface area contributed by atoms with Crippen LogP contribution in [0.25, 0.3) is 0 Å². The van der Waals surface area contributed by atoms with Gasteiger partial charge in [0.25, 0.3) is 0 Å². The highest BCUT2D eigenvalue weighted by atomic mass is 16.5. The second-order valence-electron chi connectivity index (χ2n) is 4.58. The molecule has 4 nitrogen and oxygen atoms in total. The number of benzene rings is 1. The molecule has 0 amide bonds. The molecule has 1 aromatic carbocycles. The van der Waals surface area contributed by atoms with Crippen molar-refractivity contribution in [1.82, 2.24) is 5.32 Å². The van der Waals surface area contributed by atoms with Gasteiger partial charge in [-0.25, -0.2) is 4.79 Å². The summed E-state index contributed by atoms with van der Waals surface area (Å²) in [7, 11) is 0. The van der Waals surface area contributed by atoms with Crippen molar-refractivity contribution >= 4 is 5.97 Å². The standard InChI is InChI=1S/C14H21NO3/c1-4-18-14(17)13(15-9-10(2)3)11-5-7-12(16)8-6-11/h5-8,10,13,15-16H,4,9H2,1-3H3. The number of hydrogen-bond donors (Lipinski definition) is 2. The number of rotatable bonds is 6. The maximum atomic E-state index is 11.9. The molecule has 100 valence electrons. The first-order valence-electron chi connectivity index (χ1n) is 6.23. The van der Waals surface area contributed by atoms with E-state index in [-0.39, 0.29) is 11.7 Å². The van der Waals surface area contributed by atoms with Gasteiger partial charge < -0.3 is 15.2 Å². The van der Waals surface area contributed by atoms with Crippen molar-refractivity contribution < 1.29 is 14.6 Å². The van der Waals surface area contributed by atoms with Gasteiger partial charge in [0, 0.05) is 0 Å². The molecule has 0 aromatic heterocycles. The van der Waals surface area contributed by atoms with Crippen LogP contribution in [0.3, 0.4) is 0 Å². The van der Waals surface area contributed by atoms with Gasteiger partial charge in [-0.15, -0.1) is 0 Å². The zero-order valence-electron chi connectivity index (χ0n) is 11.1. The topological polar surface area (TPSA) is 58.6 Å². The van der Waals surface area contributed by atoms with Crippen LogP contribution >= 0.6 is 0 Å². The largest absolute Gasteiger partial charge is 0.508 e. The summed E-state index contributed by atoms with van der Waals surface area (Å²) in [6, 6.07) is 6.11. The lowest BCUT2D eigenvalue weighted by atomic mass is 10.1. The Labute approximate surface area is 108 Å². The molecule has 0 fully saturated rings. The predicted octanol–water partition coefficient (Wildman–Crippen LogP) is 2.24. The van der Waals surface area contributed by atoms with Crippen LogP contribution in [0.15, 0.2) is 24.3 Å². The quantitative estimate of drug-likeness (QED) is 0.761. The van der Waals surface area contributed by atoms with E-state index >= 15 is 0 Å². The van der Waals surface area contributed by atoms with Gasteiger partial charge in [0.1, 0.15) is 11.8 Å². The number of carbonyl (C=O) groups is 1. The van der Waals surface area contributed by atoms with Gasteiger partial charge in [-0.3, -0.25) is 0 Å². The number of phenols is 1. The minimum Gasteiger partial charge on any atom is -0.508 e. The first kappa shape index (κ1) is 14.5. The summed E-state index contributed by atoms with van der Waals surface area (Å²) in [5.74, 6) is 0.341. The van der Waals surface area contributed by atoms with E-state index in [9.17, 15) is 9.90 Å². The monoisotopic (exact) mass is 251 g/mol. The molecule has 18 heavy (non-hydrogen) atoms. The Morgan fingerprint density at radius 1 is 1.33 bits per heavy atom. The van der Waals surface area contributed by atoms with Crippen molar-refractivity contribution in [2.45, 2.75) is 26.8 Å². The molecular formula is C14H21NO3. The Balaban J connectivity index is 2.82. The first-order chi connectivity index (χ1) is 8.54. The fourth-order valence-electron chi connectivity index (χ4n) is 1.58. The smallest absolute Gasteiger partial charge is 0.327 e. The number of ether oxygens (including phenoxy) is 1. The average molecular weight is 251 g/mol. The summed E-state index contributed by atoms with van der Waals surface area (Å²) in [5.41, 5.74) is 0.798. The number of phenolic OH excluding ortho intramolecular Hbond substituents is 1. The molecule has 0 aliphatic heterocycles. The van der Waals surface area contributed by atoms with E-state index < -0.39 is 6.04 Å². The predicted molar refractivity (Wildman–Crippen MR) is 70.3 cm³/mol. The summed E-state index contributed by atoms with van der Waals surface area (Å²) in [4.78, 5) is 11.9. The zero-order chi connectivity index (χ0) is 13.5. The molecule has 2 N–H and O–H groups in total. The van der Waals surface area contributed by atoms with E-state index in [2.05, 4.69) is 19.2 Å². The molecule has 0 saturated carbocycles. The molecule has 0 bridgehead atoms. The number of aromatic hydroxyl groups is 1. The van der Waals surface area contributed by atoms with Crippen molar-refractivity contribution in [2.24, 2.45) is 5.92 Å². The van der Waals surface area contributed by atoms with Crippen LogP contribution < -0.4 is 5.32 Å². The van der Waals surface area contributed by atoms with E-state index in [0.717, 1.165) is 12.1 Å². The van der Waals surface area contributed by atoms with Crippen LogP contribution in [-0.4, -0.2) is 24.2 Å². The van der Waals surface area contributed by atoms with Crippen LogP contribution in [0.1, 0.15) is 32.4 Å². The van der Waals surface area contributed by atoms with Crippen molar-refractivity contribution in [3.8, 4) is 5.75 Å². The van der Waals surface area contributed by atoms with Crippen molar-refractivity contribution in [2.75, 3.05) is 13.2 Å². The lowest BCUT2D eigenvalue weighted by Gasteiger charge is -2.19. The number of nitrogens with one attached hydrogen (secondary N) is 1. The lowest BCUT2D eigenvalue weighted by Crippen LogP contribution is -2.32. The molecule has 1 aromatic rings. The van der Waals surface area contributed by atoms with E-state index in [1.807, 2.05) is 0 Å². The minimum absolute atomic E-state index is 0.185. The molecule has 1 rings (SSSR count). The van der Waals surface area contributed by atoms with Crippen LogP contribution in [0.5, 0.6) is 5.75 Å². The Kier molecular flexibility index (Phi) is 5.65. The third-order valence-corrected chi connectivity index (χ3v) is 2.48. The van der Waals surface area contributed by atoms with Crippen LogP contribution in [-0.2, 0) is 9.53 Å². The maximum Gasteiger partial charge on any atom is 0.327 e. The van der Waals surface area contributed by atoms with E-state index in [0.29, 0.717) is 12.5 Å². The van der Waals surface area contributed by atoms with E-state index in [1.54, 1.807) is 31.2 Å². The highest BCUT2D eigenvalue weighted by molar-refractivity contribution is 5.77. The van der Waals surface area contributed by atoms with Crippen LogP contribution in [0.2, 0.25) is 0 Å². The molecule has 0 aliphatic rings. The molecular weight excluding hydrogens is 230 g/mol. The third kappa shape index (κ3) is 4.37. The molecule has 0 heterocycles. The summed E-state index contributed by atoms with van der Waals surface area (Å²) in [6.07, 6.45) is 0. The zero-order valence-corrected chi connectivity index (χ0v) is 11.1. The maximum absolute atomic E-state index is 11.9. The second-order valence-corrected chi connectivity index (χ2v) is 4.58. The summed E-state index contributed by atoms with van der Waals surface area (Å²) < 4.78 is 5.06. The summed E-state index contributed by atoms with van der Waals surface area (Å²) in [6.45, 7) is 7.02. The lowest BCUT2D eigenvalue weighted by molar-refractivity contribution is -0.145. The van der Waals surface area contributed by atoms with Gasteiger partial charge in [-0.1, -0.05) is 26.0 Å². The fraction of sp³-hybridized carbons (Fsp3) is 0.500. The van der Waals surface area contributed by atoms with Gasteiger partial charge in [0.05, 0.1) is 6.61 Å². The number of esters is 1. The Hall–Kier alpha value is -1.55. The second kappa shape index (κ2) is 7.01. The Bertz CT molecular complexity index is 373. The van der Waals surface area contributed by atoms with E-state index in [1.165, 1.54) is 0 Å². The number of carbonyl (C=O) groups excluding carboxylic acids is 1. The molecule has 0 spiro atoms. The van der Waals surface area contributed by atoms with Crippen molar-refractivity contribution in [3.63, 3.8) is 0 Å². The SMILES string of the molecule is CCOC(=O)C(NCC(C)C)c1ccc(O)cc1. The van der Waals surface area contributed by atoms with Gasteiger partial charge in [0.15, 0.2) is 0 Å². The van der Waals surface area contributed by atoms with Crippen molar-refractivity contribution in [3.05, 3.63) is 29.8 Å². The van der Waals surface area contributed by atoms with Gasteiger partial charge in [-0.2, -0.15) is 0 Å². The average Bonchev–Trinajstić information content (AvgIpc) is 2.31. The molecule has 0 saturated heterocycles. The van der Waals surface area contributed by atoms with Crippen LogP contribution in [0.4, 0.5) is 0 Å². The van der Waals surface area contributed by atoms with E-state index in [4.69, 9.17) is 4.74 Å². The van der Waals surface area contributed by atoms with Crippen LogP contribution in [0, 0.1) is 5.92 Å². The summed E-state index contributed by atoms with van der Waals surface area (Å²) in [5, 5.41) is 12.4. The molecule has 0 aliphatic carbocycles. The van der Waals surface area contributed by atoms with Gasteiger partial charge in [0.2, 0.25) is 0 Å². The Morgan fingerprint density at radius 2 is 1.94 bits per heavy atom.